The van der Waals surface area contributed by atoms with Crippen LogP contribution in [-0.4, -0.2) is 31.7 Å². The first kappa shape index (κ1) is 17.0. The van der Waals surface area contributed by atoms with Crippen molar-refractivity contribution < 1.29 is 4.39 Å². The van der Waals surface area contributed by atoms with E-state index in [2.05, 4.69) is 41.5 Å². The van der Waals surface area contributed by atoms with Crippen molar-refractivity contribution in [3.8, 4) is 5.69 Å². The van der Waals surface area contributed by atoms with E-state index in [4.69, 9.17) is 0 Å². The SMILES string of the molecule is Cc1ccc(-n2nnnc2SCCSc2ccc(F)cc2)c(C)c1. The summed E-state index contributed by atoms with van der Waals surface area (Å²) in [5, 5.41) is 12.8. The van der Waals surface area contributed by atoms with Gasteiger partial charge in [0.05, 0.1) is 5.69 Å². The van der Waals surface area contributed by atoms with Gasteiger partial charge < -0.3 is 0 Å². The molecular weight excluding hydrogens is 343 g/mol. The maximum atomic E-state index is 12.9. The summed E-state index contributed by atoms with van der Waals surface area (Å²) in [6.45, 7) is 4.13. The first-order valence-electron chi connectivity index (χ1n) is 7.50. The fourth-order valence-electron chi connectivity index (χ4n) is 2.29. The van der Waals surface area contributed by atoms with Crippen LogP contribution < -0.4 is 0 Å². The Morgan fingerprint density at radius 3 is 2.50 bits per heavy atom. The Balaban J connectivity index is 1.60. The maximum Gasteiger partial charge on any atom is 0.214 e. The first-order chi connectivity index (χ1) is 11.6. The van der Waals surface area contributed by atoms with E-state index in [-0.39, 0.29) is 5.82 Å². The molecule has 3 aromatic rings. The van der Waals surface area contributed by atoms with Crippen molar-refractivity contribution >= 4 is 23.5 Å². The van der Waals surface area contributed by atoms with Crippen LogP contribution in [0.2, 0.25) is 0 Å². The van der Waals surface area contributed by atoms with E-state index < -0.39 is 0 Å². The van der Waals surface area contributed by atoms with E-state index in [1.807, 2.05) is 6.07 Å². The zero-order valence-corrected chi connectivity index (χ0v) is 15.1. The molecule has 0 aliphatic carbocycles. The van der Waals surface area contributed by atoms with Gasteiger partial charge in [-0.25, -0.2) is 4.39 Å². The number of tetrazole rings is 1. The molecule has 0 N–H and O–H groups in total. The molecule has 0 amide bonds. The highest BCUT2D eigenvalue weighted by Crippen LogP contribution is 2.24. The van der Waals surface area contributed by atoms with E-state index in [0.717, 1.165) is 32.8 Å². The van der Waals surface area contributed by atoms with Crippen LogP contribution in [0, 0.1) is 19.7 Å². The van der Waals surface area contributed by atoms with Gasteiger partial charge in [-0.2, -0.15) is 4.68 Å². The third-order valence-corrected chi connectivity index (χ3v) is 5.61. The van der Waals surface area contributed by atoms with Crippen LogP contribution >= 0.6 is 23.5 Å². The Morgan fingerprint density at radius 2 is 1.75 bits per heavy atom. The standard InChI is InChI=1S/C17H17FN4S2/c1-12-3-8-16(13(2)11-12)22-17(19-20-21-22)24-10-9-23-15-6-4-14(18)5-7-15/h3-8,11H,9-10H2,1-2H3. The lowest BCUT2D eigenvalue weighted by Crippen LogP contribution is -2.02. The van der Waals surface area contributed by atoms with E-state index in [1.165, 1.54) is 17.7 Å². The Morgan fingerprint density at radius 1 is 1.00 bits per heavy atom. The number of aryl methyl sites for hydroxylation is 2. The van der Waals surface area contributed by atoms with E-state index in [9.17, 15) is 4.39 Å². The van der Waals surface area contributed by atoms with Gasteiger partial charge in [0.15, 0.2) is 0 Å². The van der Waals surface area contributed by atoms with Crippen molar-refractivity contribution in [2.45, 2.75) is 23.9 Å². The van der Waals surface area contributed by atoms with Crippen molar-refractivity contribution in [1.29, 1.82) is 0 Å². The molecule has 4 nitrogen and oxygen atoms in total. The molecule has 1 aromatic heterocycles. The van der Waals surface area contributed by atoms with Crippen molar-refractivity contribution in [2.24, 2.45) is 0 Å². The van der Waals surface area contributed by atoms with Crippen molar-refractivity contribution in [3.63, 3.8) is 0 Å². The summed E-state index contributed by atoms with van der Waals surface area (Å²) in [5.41, 5.74) is 3.36. The highest BCUT2D eigenvalue weighted by atomic mass is 32.2. The molecule has 2 aromatic carbocycles. The molecule has 0 bridgehead atoms. The fraction of sp³-hybridized carbons (Fsp3) is 0.235. The molecule has 0 atom stereocenters. The molecular formula is C17H17FN4S2. The molecule has 1 heterocycles. The van der Waals surface area contributed by atoms with Gasteiger partial charge in [-0.1, -0.05) is 29.5 Å². The van der Waals surface area contributed by atoms with Crippen LogP contribution in [0.5, 0.6) is 0 Å². The maximum absolute atomic E-state index is 12.9. The monoisotopic (exact) mass is 360 g/mol. The molecule has 3 rings (SSSR count). The van der Waals surface area contributed by atoms with Crippen LogP contribution in [0.4, 0.5) is 4.39 Å². The van der Waals surface area contributed by atoms with Gasteiger partial charge in [-0.3, -0.25) is 0 Å². The lowest BCUT2D eigenvalue weighted by molar-refractivity contribution is 0.626. The number of aromatic nitrogens is 4. The molecule has 0 saturated heterocycles. The fourth-order valence-corrected chi connectivity index (χ4v) is 4.05. The molecule has 0 aliphatic heterocycles. The number of rotatable bonds is 6. The molecule has 7 heteroatoms. The van der Waals surface area contributed by atoms with Gasteiger partial charge in [0.25, 0.3) is 0 Å². The minimum absolute atomic E-state index is 0.207. The summed E-state index contributed by atoms with van der Waals surface area (Å²) in [6, 6.07) is 12.8. The molecule has 24 heavy (non-hydrogen) atoms. The minimum Gasteiger partial charge on any atom is -0.207 e. The summed E-state index contributed by atoms with van der Waals surface area (Å²) in [7, 11) is 0. The number of halogens is 1. The molecule has 0 unspecified atom stereocenters. The molecule has 0 saturated carbocycles. The Labute approximate surface area is 148 Å². The molecule has 124 valence electrons. The molecule has 0 spiro atoms. The summed E-state index contributed by atoms with van der Waals surface area (Å²) in [4.78, 5) is 1.06. The second-order valence-electron chi connectivity index (χ2n) is 5.31. The van der Waals surface area contributed by atoms with Gasteiger partial charge in [0.2, 0.25) is 5.16 Å². The molecule has 0 radical (unpaired) electrons. The zero-order valence-electron chi connectivity index (χ0n) is 13.4. The lowest BCUT2D eigenvalue weighted by atomic mass is 10.1. The molecule has 0 fully saturated rings. The number of hydrogen-bond acceptors (Lipinski definition) is 5. The van der Waals surface area contributed by atoms with Crippen molar-refractivity contribution in [2.75, 3.05) is 11.5 Å². The van der Waals surface area contributed by atoms with E-state index >= 15 is 0 Å². The van der Waals surface area contributed by atoms with Crippen LogP contribution in [0.3, 0.4) is 0 Å². The van der Waals surface area contributed by atoms with Crippen molar-refractivity contribution in [1.82, 2.24) is 20.2 Å². The minimum atomic E-state index is -0.207. The smallest absolute Gasteiger partial charge is 0.207 e. The Hall–Kier alpha value is -1.86. The van der Waals surface area contributed by atoms with Gasteiger partial charge in [0, 0.05) is 16.4 Å². The average Bonchev–Trinajstić information content (AvgIpc) is 3.01. The third-order valence-electron chi connectivity index (χ3n) is 3.42. The normalized spacial score (nSPS) is 11.0. The van der Waals surface area contributed by atoms with Crippen LogP contribution in [0.15, 0.2) is 52.5 Å². The number of benzene rings is 2. The Bertz CT molecular complexity index is 818. The van der Waals surface area contributed by atoms with Crippen molar-refractivity contribution in [3.05, 3.63) is 59.4 Å². The number of hydrogen-bond donors (Lipinski definition) is 0. The second kappa shape index (κ2) is 7.81. The third kappa shape index (κ3) is 4.15. The predicted octanol–water partition coefficient (Wildman–Crippen LogP) is 4.30. The van der Waals surface area contributed by atoms with Crippen LogP contribution in [-0.2, 0) is 0 Å². The summed E-state index contributed by atoms with van der Waals surface area (Å²) >= 11 is 3.31. The van der Waals surface area contributed by atoms with Gasteiger partial charge in [-0.15, -0.1) is 16.9 Å². The van der Waals surface area contributed by atoms with Crippen LogP contribution in [0.1, 0.15) is 11.1 Å². The summed E-state index contributed by atoms with van der Waals surface area (Å²) in [6.07, 6.45) is 0. The Kier molecular flexibility index (Phi) is 5.52. The van der Waals surface area contributed by atoms with Gasteiger partial charge in [0.1, 0.15) is 5.82 Å². The van der Waals surface area contributed by atoms with E-state index in [1.54, 1.807) is 40.3 Å². The first-order valence-corrected chi connectivity index (χ1v) is 9.48. The van der Waals surface area contributed by atoms with Crippen LogP contribution in [0.25, 0.3) is 5.69 Å². The molecule has 0 aliphatic rings. The summed E-state index contributed by atoms with van der Waals surface area (Å²) in [5.74, 6) is 1.56. The van der Waals surface area contributed by atoms with Gasteiger partial charge in [-0.05, 0) is 60.2 Å². The topological polar surface area (TPSA) is 43.6 Å². The lowest BCUT2D eigenvalue weighted by Gasteiger charge is -2.08. The number of thioether (sulfide) groups is 2. The van der Waals surface area contributed by atoms with Gasteiger partial charge >= 0.3 is 0 Å². The highest BCUT2D eigenvalue weighted by molar-refractivity contribution is 8.02. The average molecular weight is 360 g/mol. The highest BCUT2D eigenvalue weighted by Gasteiger charge is 2.11. The summed E-state index contributed by atoms with van der Waals surface area (Å²) < 4.78 is 14.7. The quantitative estimate of drug-likeness (QED) is 0.484. The van der Waals surface area contributed by atoms with E-state index in [0.29, 0.717) is 0 Å². The predicted molar refractivity (Wildman–Crippen MR) is 96.5 cm³/mol. The largest absolute Gasteiger partial charge is 0.214 e. The number of nitrogens with zero attached hydrogens (tertiary/aromatic N) is 4. The zero-order chi connectivity index (χ0) is 16.9. The second-order valence-corrected chi connectivity index (χ2v) is 7.54.